The number of aliphatic carboxylic acids is 1. The minimum absolute atomic E-state index is 0.125. The van der Waals surface area contributed by atoms with Crippen molar-refractivity contribution in [2.24, 2.45) is 5.41 Å². The summed E-state index contributed by atoms with van der Waals surface area (Å²) < 4.78 is 5.69. The maximum absolute atomic E-state index is 12.4. The van der Waals surface area contributed by atoms with Crippen LogP contribution in [-0.4, -0.2) is 41.1 Å². The molecule has 1 heterocycles. The maximum atomic E-state index is 12.4. The third kappa shape index (κ3) is 3.40. The van der Waals surface area contributed by atoms with Gasteiger partial charge in [-0.1, -0.05) is 6.92 Å². The summed E-state index contributed by atoms with van der Waals surface area (Å²) in [6.45, 7) is 6.47. The average Bonchev–Trinajstić information content (AvgIpc) is 2.91. The normalized spacial score (nSPS) is 22.4. The van der Waals surface area contributed by atoms with E-state index in [2.05, 4.69) is 6.92 Å². The highest BCUT2D eigenvalue weighted by Crippen LogP contribution is 2.31. The smallest absolute Gasteiger partial charge is 0.311 e. The van der Waals surface area contributed by atoms with Crippen molar-refractivity contribution in [1.82, 2.24) is 4.90 Å². The van der Waals surface area contributed by atoms with Crippen LogP contribution in [0.5, 0.6) is 5.75 Å². The zero-order valence-electron chi connectivity index (χ0n) is 13.3. The molecule has 1 aromatic rings. The van der Waals surface area contributed by atoms with Gasteiger partial charge in [0.05, 0.1) is 11.5 Å². The molecule has 1 aromatic carbocycles. The van der Waals surface area contributed by atoms with Crippen molar-refractivity contribution < 1.29 is 19.4 Å². The van der Waals surface area contributed by atoms with Crippen LogP contribution in [0, 0.1) is 5.41 Å². The van der Waals surface area contributed by atoms with Crippen LogP contribution in [0.4, 0.5) is 0 Å². The molecule has 1 aliphatic heterocycles. The molecule has 0 aromatic heterocycles. The molecule has 120 valence electrons. The fourth-order valence-corrected chi connectivity index (χ4v) is 2.48. The minimum Gasteiger partial charge on any atom is -0.491 e. The van der Waals surface area contributed by atoms with Crippen molar-refractivity contribution >= 4 is 11.9 Å². The summed E-state index contributed by atoms with van der Waals surface area (Å²) in [6, 6.07) is 7.03. The summed E-state index contributed by atoms with van der Waals surface area (Å²) in [4.78, 5) is 25.3. The third-order valence-electron chi connectivity index (χ3n) is 4.29. The van der Waals surface area contributed by atoms with Gasteiger partial charge in [0.25, 0.3) is 5.91 Å². The van der Waals surface area contributed by atoms with Crippen LogP contribution in [-0.2, 0) is 4.79 Å². The van der Waals surface area contributed by atoms with Crippen LogP contribution in [0.1, 0.15) is 44.0 Å². The molecule has 0 spiro atoms. The number of ether oxygens (including phenoxy) is 1. The van der Waals surface area contributed by atoms with Crippen LogP contribution in [0.3, 0.4) is 0 Å². The van der Waals surface area contributed by atoms with Crippen LogP contribution >= 0.6 is 0 Å². The lowest BCUT2D eigenvalue weighted by atomic mass is 9.90. The van der Waals surface area contributed by atoms with Crippen molar-refractivity contribution in [2.75, 3.05) is 13.1 Å². The highest BCUT2D eigenvalue weighted by Gasteiger charge is 2.42. The lowest BCUT2D eigenvalue weighted by molar-refractivity contribution is -0.147. The molecule has 22 heavy (non-hydrogen) atoms. The first-order valence-corrected chi connectivity index (χ1v) is 7.65. The molecule has 2 atom stereocenters. The molecule has 1 saturated heterocycles. The summed E-state index contributed by atoms with van der Waals surface area (Å²) in [6.07, 6.45) is 1.54. The summed E-state index contributed by atoms with van der Waals surface area (Å²) in [5, 5.41) is 9.23. The predicted molar refractivity (Wildman–Crippen MR) is 83.1 cm³/mol. The first-order valence-electron chi connectivity index (χ1n) is 7.65. The predicted octanol–water partition coefficient (Wildman–Crippen LogP) is 2.80. The van der Waals surface area contributed by atoms with E-state index in [1.807, 2.05) is 6.92 Å². The van der Waals surface area contributed by atoms with E-state index >= 15 is 0 Å². The fourth-order valence-electron chi connectivity index (χ4n) is 2.48. The Morgan fingerprint density at radius 1 is 1.36 bits per heavy atom. The van der Waals surface area contributed by atoms with Crippen molar-refractivity contribution in [1.29, 1.82) is 0 Å². The van der Waals surface area contributed by atoms with Crippen molar-refractivity contribution in [3.63, 3.8) is 0 Å². The number of carbonyl (C=O) groups excluding carboxylic acids is 1. The molecule has 2 unspecified atom stereocenters. The second kappa shape index (κ2) is 6.38. The molecule has 0 bridgehead atoms. The number of hydrogen-bond donors (Lipinski definition) is 1. The Morgan fingerprint density at radius 3 is 2.50 bits per heavy atom. The molecule has 2 rings (SSSR count). The molecule has 5 heteroatoms. The van der Waals surface area contributed by atoms with Crippen LogP contribution in [0.2, 0.25) is 0 Å². The summed E-state index contributed by atoms with van der Waals surface area (Å²) in [7, 11) is 0. The Kier molecular flexibility index (Phi) is 4.74. The Morgan fingerprint density at radius 2 is 2.00 bits per heavy atom. The van der Waals surface area contributed by atoms with E-state index in [1.54, 1.807) is 36.1 Å². The standard InChI is InChI=1S/C17H23NO4/c1-4-12(2)22-14-7-5-13(6-8-14)15(19)18-10-9-17(3,11-18)16(20)21/h5-8,12H,4,9-11H2,1-3H3,(H,20,21). The Labute approximate surface area is 130 Å². The molecule has 0 radical (unpaired) electrons. The van der Waals surface area contributed by atoms with Crippen molar-refractivity contribution in [3.05, 3.63) is 29.8 Å². The molecular formula is C17H23NO4. The zero-order valence-corrected chi connectivity index (χ0v) is 13.3. The molecule has 1 aliphatic rings. The SMILES string of the molecule is CCC(C)Oc1ccc(C(=O)N2CCC(C)(C(=O)O)C2)cc1. The Balaban J connectivity index is 2.03. The van der Waals surface area contributed by atoms with E-state index in [0.717, 1.165) is 12.2 Å². The molecule has 1 amide bonds. The molecule has 1 fully saturated rings. The Hall–Kier alpha value is -2.04. The van der Waals surface area contributed by atoms with Crippen LogP contribution in [0.15, 0.2) is 24.3 Å². The third-order valence-corrected chi connectivity index (χ3v) is 4.29. The average molecular weight is 305 g/mol. The van der Waals surface area contributed by atoms with Gasteiger partial charge in [-0.25, -0.2) is 0 Å². The van der Waals surface area contributed by atoms with Crippen LogP contribution in [0.25, 0.3) is 0 Å². The highest BCUT2D eigenvalue weighted by molar-refractivity contribution is 5.95. The van der Waals surface area contributed by atoms with Gasteiger partial charge in [0, 0.05) is 18.7 Å². The molecular weight excluding hydrogens is 282 g/mol. The first kappa shape index (κ1) is 16.3. The quantitative estimate of drug-likeness (QED) is 0.908. The number of hydrogen-bond acceptors (Lipinski definition) is 3. The minimum atomic E-state index is -0.847. The van der Waals surface area contributed by atoms with Gasteiger partial charge in [0.15, 0.2) is 0 Å². The number of rotatable bonds is 5. The number of likely N-dealkylation sites (tertiary alicyclic amines) is 1. The number of amides is 1. The van der Waals surface area contributed by atoms with E-state index in [9.17, 15) is 14.7 Å². The molecule has 1 N–H and O–H groups in total. The fraction of sp³-hybridized carbons (Fsp3) is 0.529. The largest absolute Gasteiger partial charge is 0.491 e. The maximum Gasteiger partial charge on any atom is 0.311 e. The van der Waals surface area contributed by atoms with Gasteiger partial charge in [0.2, 0.25) is 0 Å². The van der Waals surface area contributed by atoms with E-state index < -0.39 is 11.4 Å². The second-order valence-electron chi connectivity index (χ2n) is 6.20. The van der Waals surface area contributed by atoms with Crippen molar-refractivity contribution in [2.45, 2.75) is 39.7 Å². The van der Waals surface area contributed by atoms with E-state index in [1.165, 1.54) is 0 Å². The van der Waals surface area contributed by atoms with Gasteiger partial charge >= 0.3 is 5.97 Å². The summed E-state index contributed by atoms with van der Waals surface area (Å²) in [5.74, 6) is -0.233. The number of benzene rings is 1. The van der Waals surface area contributed by atoms with E-state index in [0.29, 0.717) is 18.5 Å². The molecule has 0 aliphatic carbocycles. The number of carboxylic acid groups (broad SMARTS) is 1. The molecule has 5 nitrogen and oxygen atoms in total. The van der Waals surface area contributed by atoms with E-state index in [4.69, 9.17) is 4.74 Å². The van der Waals surface area contributed by atoms with Gasteiger partial charge in [-0.3, -0.25) is 9.59 Å². The van der Waals surface area contributed by atoms with Gasteiger partial charge in [-0.15, -0.1) is 0 Å². The van der Waals surface area contributed by atoms with Gasteiger partial charge in [-0.05, 0) is 51.0 Å². The number of carbonyl (C=O) groups is 2. The zero-order chi connectivity index (χ0) is 16.3. The summed E-state index contributed by atoms with van der Waals surface area (Å²) >= 11 is 0. The van der Waals surface area contributed by atoms with Crippen molar-refractivity contribution in [3.8, 4) is 5.75 Å². The van der Waals surface area contributed by atoms with Gasteiger partial charge in [-0.2, -0.15) is 0 Å². The molecule has 0 saturated carbocycles. The lowest BCUT2D eigenvalue weighted by Gasteiger charge is -2.20. The monoisotopic (exact) mass is 305 g/mol. The van der Waals surface area contributed by atoms with Gasteiger partial charge in [0.1, 0.15) is 5.75 Å². The Bertz CT molecular complexity index is 554. The number of nitrogens with zero attached hydrogens (tertiary/aromatic N) is 1. The summed E-state index contributed by atoms with van der Waals surface area (Å²) in [5.41, 5.74) is -0.277. The van der Waals surface area contributed by atoms with Gasteiger partial charge < -0.3 is 14.7 Å². The van der Waals surface area contributed by atoms with E-state index in [-0.39, 0.29) is 18.6 Å². The lowest BCUT2D eigenvalue weighted by Crippen LogP contribution is -2.34. The van der Waals surface area contributed by atoms with Crippen LogP contribution < -0.4 is 4.74 Å². The highest BCUT2D eigenvalue weighted by atomic mass is 16.5. The number of carboxylic acids is 1. The second-order valence-corrected chi connectivity index (χ2v) is 6.20. The topological polar surface area (TPSA) is 66.8 Å². The first-order chi connectivity index (χ1) is 10.4.